The molecule has 7 heteroatoms. The summed E-state index contributed by atoms with van der Waals surface area (Å²) in [7, 11) is 0. The van der Waals surface area contributed by atoms with Gasteiger partial charge in [-0.3, -0.25) is 14.3 Å². The number of unbranched alkanes of at least 4 members (excludes halogenated alkanes) is 1. The summed E-state index contributed by atoms with van der Waals surface area (Å²) < 4.78 is 6.99. The Bertz CT molecular complexity index is 1080. The second-order valence-corrected chi connectivity index (χ2v) is 7.89. The maximum Gasteiger partial charge on any atom is 0.419 e. The van der Waals surface area contributed by atoms with Gasteiger partial charge in [-0.15, -0.1) is 0 Å². The van der Waals surface area contributed by atoms with Crippen molar-refractivity contribution in [3.05, 3.63) is 58.6 Å². The quantitative estimate of drug-likeness (QED) is 0.368. The van der Waals surface area contributed by atoms with Crippen molar-refractivity contribution in [2.75, 3.05) is 43.4 Å². The van der Waals surface area contributed by atoms with Crippen molar-refractivity contribution in [1.82, 2.24) is 9.47 Å². The molecule has 30 heavy (non-hydrogen) atoms. The van der Waals surface area contributed by atoms with Gasteiger partial charge in [-0.2, -0.15) is 0 Å². The third-order valence-electron chi connectivity index (χ3n) is 5.81. The first-order valence-corrected chi connectivity index (χ1v) is 10.5. The van der Waals surface area contributed by atoms with Crippen LogP contribution < -0.4 is 16.4 Å². The van der Waals surface area contributed by atoms with Crippen LogP contribution in [0.2, 0.25) is 0 Å². The van der Waals surface area contributed by atoms with Gasteiger partial charge < -0.3 is 15.1 Å². The number of nitrogens with two attached hydrogens (primary N) is 1. The summed E-state index contributed by atoms with van der Waals surface area (Å²) in [5.41, 5.74) is 9.58. The molecule has 158 valence electrons. The highest BCUT2D eigenvalue weighted by atomic mass is 16.4. The molecule has 0 unspecified atom stereocenters. The first-order chi connectivity index (χ1) is 14.5. The van der Waals surface area contributed by atoms with Gasteiger partial charge in [0, 0.05) is 49.7 Å². The zero-order valence-corrected chi connectivity index (χ0v) is 17.3. The Morgan fingerprint density at radius 3 is 2.40 bits per heavy atom. The molecule has 1 fully saturated rings. The second-order valence-electron chi connectivity index (χ2n) is 7.89. The van der Waals surface area contributed by atoms with Crippen molar-refractivity contribution in [2.45, 2.75) is 26.3 Å². The fraction of sp³-hybridized carbons (Fsp3) is 0.391. The fourth-order valence-electron chi connectivity index (χ4n) is 4.02. The predicted octanol–water partition coefficient (Wildman–Crippen LogP) is 2.98. The van der Waals surface area contributed by atoms with Crippen molar-refractivity contribution in [3.63, 3.8) is 0 Å². The Balaban J connectivity index is 1.26. The van der Waals surface area contributed by atoms with Crippen molar-refractivity contribution >= 4 is 28.3 Å². The van der Waals surface area contributed by atoms with E-state index in [-0.39, 0.29) is 11.5 Å². The largest absolute Gasteiger partial charge is 0.419 e. The van der Waals surface area contributed by atoms with Gasteiger partial charge in [-0.1, -0.05) is 0 Å². The summed E-state index contributed by atoms with van der Waals surface area (Å²) in [5.74, 6) is -0.397. The van der Waals surface area contributed by atoms with Crippen molar-refractivity contribution in [3.8, 4) is 0 Å². The molecule has 2 heterocycles. The van der Waals surface area contributed by atoms with E-state index in [9.17, 15) is 9.59 Å². The number of carbonyl (C=O) groups excluding carboxylic acids is 1. The Labute approximate surface area is 175 Å². The van der Waals surface area contributed by atoms with Gasteiger partial charge in [0.1, 0.15) is 0 Å². The van der Waals surface area contributed by atoms with Gasteiger partial charge in [0.05, 0.1) is 5.52 Å². The molecule has 4 rings (SSSR count). The molecule has 1 aliphatic heterocycles. The van der Waals surface area contributed by atoms with Crippen LogP contribution in [0.25, 0.3) is 11.1 Å². The lowest BCUT2D eigenvalue weighted by Gasteiger charge is -2.36. The van der Waals surface area contributed by atoms with E-state index < -0.39 is 0 Å². The van der Waals surface area contributed by atoms with E-state index in [4.69, 9.17) is 10.2 Å². The van der Waals surface area contributed by atoms with Gasteiger partial charge in [-0.25, -0.2) is 4.79 Å². The number of piperazine rings is 1. The third-order valence-corrected chi connectivity index (χ3v) is 5.81. The fourth-order valence-corrected chi connectivity index (χ4v) is 4.02. The van der Waals surface area contributed by atoms with Gasteiger partial charge in [0.15, 0.2) is 11.4 Å². The predicted molar refractivity (Wildman–Crippen MR) is 119 cm³/mol. The molecule has 0 aliphatic carbocycles. The van der Waals surface area contributed by atoms with Crippen LogP contribution in [0.15, 0.2) is 51.7 Å². The molecule has 2 aromatic carbocycles. The molecule has 1 aromatic heterocycles. The summed E-state index contributed by atoms with van der Waals surface area (Å²) >= 11 is 0. The summed E-state index contributed by atoms with van der Waals surface area (Å²) in [6.45, 7) is 7.24. The zero-order valence-electron chi connectivity index (χ0n) is 17.3. The SMILES string of the molecule is CC(=O)c1ccc2c(c1)oc(=O)n2CCCCN1CCN(c2ccc(N)cc2)CC1. The van der Waals surface area contributed by atoms with Gasteiger partial charge in [-0.05, 0) is 68.8 Å². The van der Waals surface area contributed by atoms with Crippen molar-refractivity contribution in [1.29, 1.82) is 0 Å². The Kier molecular flexibility index (Phi) is 5.90. The van der Waals surface area contributed by atoms with E-state index >= 15 is 0 Å². The highest BCUT2D eigenvalue weighted by Gasteiger charge is 2.17. The molecule has 7 nitrogen and oxygen atoms in total. The molecule has 0 bridgehead atoms. The zero-order chi connectivity index (χ0) is 21.1. The van der Waals surface area contributed by atoms with E-state index in [1.807, 2.05) is 12.1 Å². The number of fused-ring (bicyclic) bond motifs is 1. The van der Waals surface area contributed by atoms with Crippen LogP contribution in [0.1, 0.15) is 30.1 Å². The number of nitrogens with zero attached hydrogens (tertiary/aromatic N) is 3. The summed E-state index contributed by atoms with van der Waals surface area (Å²) in [4.78, 5) is 28.6. The summed E-state index contributed by atoms with van der Waals surface area (Å²) in [6.07, 6.45) is 1.92. The van der Waals surface area contributed by atoms with E-state index in [0.29, 0.717) is 17.7 Å². The molecule has 0 atom stereocenters. The smallest absolute Gasteiger partial charge is 0.408 e. The minimum absolute atomic E-state index is 0.0382. The molecular weight excluding hydrogens is 380 g/mol. The monoisotopic (exact) mass is 408 g/mol. The van der Waals surface area contributed by atoms with Crippen LogP contribution in [0, 0.1) is 0 Å². The van der Waals surface area contributed by atoms with Crippen molar-refractivity contribution in [2.24, 2.45) is 0 Å². The van der Waals surface area contributed by atoms with Crippen molar-refractivity contribution < 1.29 is 9.21 Å². The number of anilines is 2. The van der Waals surface area contributed by atoms with Gasteiger partial charge in [0.25, 0.3) is 0 Å². The number of ketones is 1. The second kappa shape index (κ2) is 8.75. The van der Waals surface area contributed by atoms with Gasteiger partial charge in [0.2, 0.25) is 0 Å². The number of Topliss-reactive ketones (excluding diaryl/α,β-unsaturated/α-hetero) is 1. The lowest BCUT2D eigenvalue weighted by Crippen LogP contribution is -2.46. The molecule has 0 amide bonds. The summed E-state index contributed by atoms with van der Waals surface area (Å²) in [5, 5.41) is 0. The number of aromatic nitrogens is 1. The molecule has 1 aliphatic rings. The van der Waals surface area contributed by atoms with Crippen LogP contribution in [0.4, 0.5) is 11.4 Å². The molecule has 3 aromatic rings. The maximum atomic E-state index is 12.2. The molecular formula is C23H28N4O3. The maximum absolute atomic E-state index is 12.2. The minimum atomic E-state index is -0.359. The van der Waals surface area contributed by atoms with Crippen LogP contribution in [0.5, 0.6) is 0 Å². The molecule has 0 saturated carbocycles. The van der Waals surface area contributed by atoms with E-state index in [2.05, 4.69) is 21.9 Å². The average Bonchev–Trinajstić information content (AvgIpc) is 3.06. The minimum Gasteiger partial charge on any atom is -0.408 e. The lowest BCUT2D eigenvalue weighted by molar-refractivity contribution is 0.101. The Morgan fingerprint density at radius 1 is 1.00 bits per heavy atom. The molecule has 0 spiro atoms. The number of benzene rings is 2. The van der Waals surface area contributed by atoms with E-state index in [1.165, 1.54) is 12.6 Å². The molecule has 1 saturated heterocycles. The first-order valence-electron chi connectivity index (χ1n) is 10.5. The standard InChI is InChI=1S/C23H28N4O3/c1-17(28)18-4-9-21-22(16-18)30-23(29)27(21)11-3-2-10-25-12-14-26(15-13-25)20-7-5-19(24)6-8-20/h4-9,16H,2-3,10-15,24H2,1H3. The van der Waals surface area contributed by atoms with Crippen LogP contribution in [-0.4, -0.2) is 48.0 Å². The number of hydrogen-bond acceptors (Lipinski definition) is 6. The van der Waals surface area contributed by atoms with E-state index in [0.717, 1.165) is 56.8 Å². The number of hydrogen-bond donors (Lipinski definition) is 1. The average molecular weight is 409 g/mol. The highest BCUT2D eigenvalue weighted by Crippen LogP contribution is 2.19. The van der Waals surface area contributed by atoms with Crippen LogP contribution in [0.3, 0.4) is 0 Å². The van der Waals surface area contributed by atoms with Crippen LogP contribution >= 0.6 is 0 Å². The number of nitrogen functional groups attached to an aromatic ring is 1. The lowest BCUT2D eigenvalue weighted by atomic mass is 10.1. The molecule has 0 radical (unpaired) electrons. The third kappa shape index (κ3) is 4.41. The van der Waals surface area contributed by atoms with E-state index in [1.54, 1.807) is 22.8 Å². The first kappa shape index (κ1) is 20.2. The summed E-state index contributed by atoms with van der Waals surface area (Å²) in [6, 6.07) is 13.3. The number of oxazole rings is 1. The van der Waals surface area contributed by atoms with Gasteiger partial charge >= 0.3 is 5.76 Å². The normalized spacial score (nSPS) is 15.0. The Morgan fingerprint density at radius 2 is 1.70 bits per heavy atom. The number of rotatable bonds is 7. The number of carbonyl (C=O) groups is 1. The highest BCUT2D eigenvalue weighted by molar-refractivity contribution is 5.96. The topological polar surface area (TPSA) is 84.7 Å². The molecule has 2 N–H and O–H groups in total. The number of aryl methyl sites for hydroxylation is 1. The van der Waals surface area contributed by atoms with Crippen LogP contribution in [-0.2, 0) is 6.54 Å². The Hall–Kier alpha value is -3.06.